The van der Waals surface area contributed by atoms with Crippen molar-refractivity contribution in [2.24, 2.45) is 5.92 Å². The molecule has 0 saturated carbocycles. The van der Waals surface area contributed by atoms with E-state index >= 15 is 0 Å². The number of aromatic nitrogens is 1. The van der Waals surface area contributed by atoms with Gasteiger partial charge in [0, 0.05) is 18.7 Å². The Kier molecular flexibility index (Phi) is 5.24. The molecule has 156 valence electrons. The summed E-state index contributed by atoms with van der Waals surface area (Å²) >= 11 is 1.13. The van der Waals surface area contributed by atoms with Crippen LogP contribution in [0.15, 0.2) is 16.7 Å². The molecule has 10 heteroatoms. The molecule has 2 aromatic rings. The van der Waals surface area contributed by atoms with Gasteiger partial charge in [0.05, 0.1) is 15.7 Å². The summed E-state index contributed by atoms with van der Waals surface area (Å²) in [6.45, 7) is 4.57. The van der Waals surface area contributed by atoms with E-state index in [2.05, 4.69) is 14.7 Å². The smallest absolute Gasteiger partial charge is 0.351 e. The van der Waals surface area contributed by atoms with Crippen LogP contribution in [-0.2, 0) is 10.9 Å². The lowest BCUT2D eigenvalue weighted by Crippen LogP contribution is -2.73. The third-order valence-corrected chi connectivity index (χ3v) is 6.26. The molecule has 6 nitrogen and oxygen atoms in total. The summed E-state index contributed by atoms with van der Waals surface area (Å²) in [7, 11) is 0. The summed E-state index contributed by atoms with van der Waals surface area (Å²) in [4.78, 5) is 18.9. The van der Waals surface area contributed by atoms with Crippen LogP contribution in [0.3, 0.4) is 0 Å². The van der Waals surface area contributed by atoms with Crippen LogP contribution >= 0.6 is 11.3 Å². The number of carbonyl (C=O) groups is 1. The Morgan fingerprint density at radius 1 is 1.41 bits per heavy atom. The van der Waals surface area contributed by atoms with Gasteiger partial charge in [-0.3, -0.25) is 4.79 Å². The number of halogens is 3. The number of nitrogens with one attached hydrogen (secondary N) is 1. The highest BCUT2D eigenvalue weighted by molar-refractivity contribution is 7.17. The van der Waals surface area contributed by atoms with Gasteiger partial charge in [-0.05, 0) is 38.8 Å². The Hall–Kier alpha value is -2.20. The lowest BCUT2D eigenvalue weighted by Gasteiger charge is -2.29. The maximum atomic E-state index is 12.9. The minimum atomic E-state index is -4.60. The fraction of sp³-hybridized carbons (Fsp3) is 0.526. The minimum Gasteiger partial charge on any atom is -0.351 e. The van der Waals surface area contributed by atoms with E-state index < -0.39 is 11.9 Å². The molecule has 1 N–H and O–H groups in total. The minimum absolute atomic E-state index is 0.0632. The lowest BCUT2D eigenvalue weighted by atomic mass is 9.99. The summed E-state index contributed by atoms with van der Waals surface area (Å²) in [5.74, 6) is -0.993. The summed E-state index contributed by atoms with van der Waals surface area (Å²) in [6.07, 6.45) is -0.424. The number of thiophene rings is 1. The fourth-order valence-corrected chi connectivity index (χ4v) is 4.50. The SMILES string of the molecule is Cc1c(-c2ccc(C(=O)N3CCCC(C=[NH+]C4OC4C)C3)s2)noc1C(F)(F)F. The highest BCUT2D eigenvalue weighted by atomic mass is 32.1. The number of amides is 1. The Bertz CT molecular complexity index is 937. The number of hydrogen-bond acceptors (Lipinski definition) is 5. The molecule has 3 atom stereocenters. The number of likely N-dealkylation sites (tertiary alicyclic amines) is 1. The molecule has 0 aliphatic carbocycles. The van der Waals surface area contributed by atoms with Gasteiger partial charge in [-0.15, -0.1) is 11.3 Å². The molecule has 29 heavy (non-hydrogen) atoms. The molecule has 0 radical (unpaired) electrons. The first-order valence-electron chi connectivity index (χ1n) is 9.42. The number of nitrogens with zero attached hydrogens (tertiary/aromatic N) is 2. The van der Waals surface area contributed by atoms with Crippen molar-refractivity contribution in [3.63, 3.8) is 0 Å². The molecular formula is C19H21F3N3O3S+. The molecule has 0 spiro atoms. The largest absolute Gasteiger partial charge is 0.452 e. The highest BCUT2D eigenvalue weighted by Crippen LogP contribution is 2.38. The van der Waals surface area contributed by atoms with Crippen LogP contribution < -0.4 is 4.99 Å². The van der Waals surface area contributed by atoms with Crippen molar-refractivity contribution < 1.29 is 32.2 Å². The van der Waals surface area contributed by atoms with Crippen molar-refractivity contribution >= 4 is 23.5 Å². The predicted molar refractivity (Wildman–Crippen MR) is 99.5 cm³/mol. The summed E-state index contributed by atoms with van der Waals surface area (Å²) in [5, 5.41) is 3.57. The molecule has 2 saturated heterocycles. The van der Waals surface area contributed by atoms with Crippen molar-refractivity contribution in [3.05, 3.63) is 28.3 Å². The predicted octanol–water partition coefficient (Wildman–Crippen LogP) is 2.48. The van der Waals surface area contributed by atoms with Gasteiger partial charge in [-0.2, -0.15) is 13.2 Å². The van der Waals surface area contributed by atoms with Gasteiger partial charge in [0.15, 0.2) is 6.10 Å². The Morgan fingerprint density at radius 2 is 2.17 bits per heavy atom. The first kappa shape index (κ1) is 20.1. The second-order valence-corrected chi connectivity index (χ2v) is 8.48. The molecule has 2 aliphatic rings. The van der Waals surface area contributed by atoms with Crippen LogP contribution in [0.2, 0.25) is 0 Å². The van der Waals surface area contributed by atoms with Gasteiger partial charge in [-0.1, -0.05) is 5.16 Å². The van der Waals surface area contributed by atoms with E-state index in [1.165, 1.54) is 6.92 Å². The number of rotatable bonds is 4. The lowest BCUT2D eigenvalue weighted by molar-refractivity contribution is -0.494. The fourth-order valence-electron chi connectivity index (χ4n) is 3.49. The molecule has 4 heterocycles. The van der Waals surface area contributed by atoms with E-state index in [4.69, 9.17) is 4.74 Å². The number of hydrogen-bond donors (Lipinski definition) is 1. The molecule has 2 aromatic heterocycles. The highest BCUT2D eigenvalue weighted by Gasteiger charge is 2.40. The van der Waals surface area contributed by atoms with Crippen molar-refractivity contribution in [1.29, 1.82) is 0 Å². The van der Waals surface area contributed by atoms with Gasteiger partial charge < -0.3 is 14.2 Å². The number of carbonyl (C=O) groups excluding carboxylic acids is 1. The molecule has 0 bridgehead atoms. The van der Waals surface area contributed by atoms with E-state index in [1.807, 2.05) is 13.1 Å². The van der Waals surface area contributed by atoms with Gasteiger partial charge in [0.25, 0.3) is 12.1 Å². The Labute approximate surface area is 169 Å². The van der Waals surface area contributed by atoms with Crippen LogP contribution in [0, 0.1) is 12.8 Å². The van der Waals surface area contributed by atoms with Crippen molar-refractivity contribution in [2.75, 3.05) is 13.1 Å². The van der Waals surface area contributed by atoms with Gasteiger partial charge in [-0.25, -0.2) is 4.99 Å². The number of epoxide rings is 1. The third kappa shape index (κ3) is 4.23. The molecule has 0 aromatic carbocycles. The zero-order valence-corrected chi connectivity index (χ0v) is 16.8. The van der Waals surface area contributed by atoms with Crippen LogP contribution in [0.25, 0.3) is 10.6 Å². The zero-order chi connectivity index (χ0) is 20.8. The molecule has 4 rings (SSSR count). The molecule has 2 aliphatic heterocycles. The average Bonchev–Trinajstić information content (AvgIpc) is 3.05. The normalized spacial score (nSPS) is 25.0. The standard InChI is InChI=1S/C19H20F3N3O3S/c1-10-15(24-28-16(10)19(20,21)22)13-5-6-14(29-13)18(26)25-7-3-4-12(9-25)8-23-17-11(2)27-17/h5-6,8,11-12,17H,3-4,7,9H2,1-2H3/p+1. The van der Waals surface area contributed by atoms with E-state index in [9.17, 15) is 18.0 Å². The number of ether oxygens (including phenoxy) is 1. The second kappa shape index (κ2) is 7.56. The molecular weight excluding hydrogens is 407 g/mol. The van der Waals surface area contributed by atoms with Crippen LogP contribution in [-0.4, -0.2) is 47.6 Å². The molecule has 1 amide bonds. The molecule has 3 unspecified atom stereocenters. The monoisotopic (exact) mass is 428 g/mol. The summed E-state index contributed by atoms with van der Waals surface area (Å²) < 4.78 is 48.6. The van der Waals surface area contributed by atoms with E-state index in [-0.39, 0.29) is 35.4 Å². The Balaban J connectivity index is 1.46. The first-order chi connectivity index (χ1) is 13.7. The van der Waals surface area contributed by atoms with Crippen LogP contribution in [0.5, 0.6) is 0 Å². The van der Waals surface area contributed by atoms with Gasteiger partial charge >= 0.3 is 6.18 Å². The molecule has 2 fully saturated rings. The summed E-state index contributed by atoms with van der Waals surface area (Å²) in [5.41, 5.74) is 0.0440. The topological polar surface area (TPSA) is 72.8 Å². The average molecular weight is 428 g/mol. The zero-order valence-electron chi connectivity index (χ0n) is 16.0. The number of alkyl halides is 3. The third-order valence-electron chi connectivity index (χ3n) is 5.18. The van der Waals surface area contributed by atoms with Crippen molar-refractivity contribution in [3.8, 4) is 10.6 Å². The maximum Gasteiger partial charge on any atom is 0.452 e. The quantitative estimate of drug-likeness (QED) is 0.600. The van der Waals surface area contributed by atoms with Crippen molar-refractivity contribution in [1.82, 2.24) is 10.1 Å². The van der Waals surface area contributed by atoms with E-state index in [1.54, 1.807) is 17.0 Å². The first-order valence-corrected chi connectivity index (χ1v) is 10.2. The van der Waals surface area contributed by atoms with Gasteiger partial charge in [0.2, 0.25) is 5.76 Å². The van der Waals surface area contributed by atoms with Crippen LogP contribution in [0.1, 0.15) is 40.8 Å². The van der Waals surface area contributed by atoms with Crippen molar-refractivity contribution in [2.45, 2.75) is 45.2 Å². The summed E-state index contributed by atoms with van der Waals surface area (Å²) in [6, 6.07) is 3.25. The van der Waals surface area contributed by atoms with E-state index in [0.29, 0.717) is 22.8 Å². The Morgan fingerprint density at radius 3 is 2.83 bits per heavy atom. The van der Waals surface area contributed by atoms with Crippen LogP contribution in [0.4, 0.5) is 13.2 Å². The maximum absolute atomic E-state index is 12.9. The second-order valence-electron chi connectivity index (χ2n) is 7.40. The number of piperidine rings is 1. The van der Waals surface area contributed by atoms with E-state index in [0.717, 1.165) is 24.2 Å². The van der Waals surface area contributed by atoms with Gasteiger partial charge in [0.1, 0.15) is 11.9 Å².